The highest BCUT2D eigenvalue weighted by Gasteiger charge is 2.43. The fourth-order valence-corrected chi connectivity index (χ4v) is 3.77. The molecule has 1 heterocycles. The monoisotopic (exact) mass is 412 g/mol. The number of benzene rings is 1. The molecular weight excluding hydrogens is 384 g/mol. The Bertz CT molecular complexity index is 672. The molecule has 28 heavy (non-hydrogen) atoms. The molecule has 4 N–H and O–H groups in total. The zero-order chi connectivity index (χ0) is 20.7. The molecule has 0 radical (unpaired) electrons. The first-order valence-corrected chi connectivity index (χ1v) is 10.1. The molecule has 0 aliphatic carbocycles. The molecule has 0 aromatic heterocycles. The van der Waals surface area contributed by atoms with Crippen molar-refractivity contribution in [1.29, 1.82) is 0 Å². The number of nitrogens with one attached hydrogen (secondary N) is 2. The maximum atomic E-state index is 11.8. The van der Waals surface area contributed by atoms with Crippen molar-refractivity contribution in [3.63, 3.8) is 0 Å². The smallest absolute Gasteiger partial charge is 0.322 e. The van der Waals surface area contributed by atoms with Crippen LogP contribution in [-0.2, 0) is 9.59 Å². The van der Waals surface area contributed by atoms with E-state index < -0.39 is 36.2 Å². The Morgan fingerprint density at radius 1 is 1.32 bits per heavy atom. The largest absolute Gasteiger partial charge is 0.487 e. The lowest BCUT2D eigenvalue weighted by Gasteiger charge is -2.27. The summed E-state index contributed by atoms with van der Waals surface area (Å²) in [7, 11) is 0. The molecule has 0 saturated carbocycles. The van der Waals surface area contributed by atoms with Crippen molar-refractivity contribution in [3.05, 3.63) is 29.3 Å². The van der Waals surface area contributed by atoms with E-state index in [1.54, 1.807) is 24.3 Å². The van der Waals surface area contributed by atoms with Gasteiger partial charge in [-0.3, -0.25) is 20.2 Å². The average Bonchev–Trinajstić information content (AvgIpc) is 3.01. The molecule has 0 bridgehead atoms. The molecule has 5 atom stereocenters. The third kappa shape index (κ3) is 6.36. The Kier molecular flexibility index (Phi) is 8.54. The standard InChI is InChI=1S/C20H29ClN2O5/c1-3-5-12(2)8-9-15(19(24)25)23-17-16(11-22-18(17)20(26)27)28-14-7-4-6-13(21)10-14/h4,6-7,10,12,15-18,22-23H,3,5,8-9,11H2,1-2H3,(H,24,25)(H,26,27)/t12?,15-,16-,17?,18?/m0/s1. The lowest BCUT2D eigenvalue weighted by molar-refractivity contribution is -0.143. The molecule has 156 valence electrons. The Morgan fingerprint density at radius 3 is 2.68 bits per heavy atom. The van der Waals surface area contributed by atoms with E-state index in [9.17, 15) is 19.8 Å². The van der Waals surface area contributed by atoms with Crippen LogP contribution in [0.5, 0.6) is 5.75 Å². The molecule has 7 nitrogen and oxygen atoms in total. The van der Waals surface area contributed by atoms with E-state index in [2.05, 4.69) is 24.5 Å². The molecule has 0 spiro atoms. The first kappa shape index (κ1) is 22.5. The Morgan fingerprint density at radius 2 is 2.07 bits per heavy atom. The van der Waals surface area contributed by atoms with Gasteiger partial charge in [-0.25, -0.2) is 0 Å². The third-order valence-corrected chi connectivity index (χ3v) is 5.30. The normalized spacial score (nSPS) is 23.9. The fraction of sp³-hybridized carbons (Fsp3) is 0.600. The number of hydrogen-bond acceptors (Lipinski definition) is 5. The van der Waals surface area contributed by atoms with E-state index in [0.717, 1.165) is 19.3 Å². The summed E-state index contributed by atoms with van der Waals surface area (Å²) in [5.74, 6) is -1.09. The summed E-state index contributed by atoms with van der Waals surface area (Å²) in [6, 6.07) is 4.39. The maximum Gasteiger partial charge on any atom is 0.322 e. The van der Waals surface area contributed by atoms with Crippen LogP contribution in [0.2, 0.25) is 5.02 Å². The van der Waals surface area contributed by atoms with Crippen LogP contribution in [-0.4, -0.2) is 52.9 Å². The van der Waals surface area contributed by atoms with Gasteiger partial charge in [0, 0.05) is 11.6 Å². The van der Waals surface area contributed by atoms with E-state index >= 15 is 0 Å². The van der Waals surface area contributed by atoms with Gasteiger partial charge in [0.2, 0.25) is 0 Å². The first-order valence-electron chi connectivity index (χ1n) is 9.69. The number of halogens is 1. The molecule has 0 amide bonds. The van der Waals surface area contributed by atoms with Crippen LogP contribution >= 0.6 is 11.6 Å². The average molecular weight is 413 g/mol. The van der Waals surface area contributed by atoms with Gasteiger partial charge in [-0.15, -0.1) is 0 Å². The van der Waals surface area contributed by atoms with Crippen molar-refractivity contribution < 1.29 is 24.5 Å². The lowest BCUT2D eigenvalue weighted by atomic mass is 9.96. The minimum atomic E-state index is -1.04. The predicted molar refractivity (Wildman–Crippen MR) is 107 cm³/mol. The number of carboxylic acid groups (broad SMARTS) is 2. The summed E-state index contributed by atoms with van der Waals surface area (Å²) in [4.78, 5) is 23.4. The second-order valence-electron chi connectivity index (χ2n) is 7.39. The summed E-state index contributed by atoms with van der Waals surface area (Å²) in [5, 5.41) is 25.6. The van der Waals surface area contributed by atoms with Gasteiger partial charge in [0.15, 0.2) is 0 Å². The molecular formula is C20H29ClN2O5. The second kappa shape index (κ2) is 10.6. The van der Waals surface area contributed by atoms with E-state index in [1.807, 2.05) is 0 Å². The summed E-state index contributed by atoms with van der Waals surface area (Å²) in [6.07, 6.45) is 2.75. The van der Waals surface area contributed by atoms with Crippen LogP contribution in [0.3, 0.4) is 0 Å². The molecule has 1 aromatic rings. The number of ether oxygens (including phenoxy) is 1. The van der Waals surface area contributed by atoms with Crippen molar-refractivity contribution in [2.45, 2.75) is 63.8 Å². The Hall–Kier alpha value is -1.83. The summed E-state index contributed by atoms with van der Waals surface area (Å²) in [6.45, 7) is 4.49. The van der Waals surface area contributed by atoms with Crippen LogP contribution in [0.15, 0.2) is 24.3 Å². The molecule has 1 aliphatic heterocycles. The number of aliphatic carboxylic acids is 2. The highest BCUT2D eigenvalue weighted by atomic mass is 35.5. The van der Waals surface area contributed by atoms with Gasteiger partial charge >= 0.3 is 11.9 Å². The minimum Gasteiger partial charge on any atom is -0.487 e. The fourth-order valence-electron chi connectivity index (χ4n) is 3.58. The number of carbonyl (C=O) groups is 2. The topological polar surface area (TPSA) is 108 Å². The van der Waals surface area contributed by atoms with Crippen molar-refractivity contribution in [1.82, 2.24) is 10.6 Å². The molecule has 2 rings (SSSR count). The van der Waals surface area contributed by atoms with Crippen molar-refractivity contribution in [2.24, 2.45) is 5.92 Å². The summed E-state index contributed by atoms with van der Waals surface area (Å²) in [5.41, 5.74) is 0. The van der Waals surface area contributed by atoms with Crippen LogP contribution < -0.4 is 15.4 Å². The molecule has 1 aromatic carbocycles. The van der Waals surface area contributed by atoms with E-state index in [4.69, 9.17) is 16.3 Å². The van der Waals surface area contributed by atoms with E-state index in [-0.39, 0.29) is 0 Å². The van der Waals surface area contributed by atoms with Crippen LogP contribution in [0.25, 0.3) is 0 Å². The third-order valence-electron chi connectivity index (χ3n) is 5.07. The number of hydrogen-bond donors (Lipinski definition) is 4. The van der Waals surface area contributed by atoms with Gasteiger partial charge < -0.3 is 14.9 Å². The van der Waals surface area contributed by atoms with Crippen LogP contribution in [0.1, 0.15) is 39.5 Å². The number of carboxylic acids is 2. The molecule has 1 aliphatic rings. The van der Waals surface area contributed by atoms with E-state index in [1.165, 1.54) is 0 Å². The quantitative estimate of drug-likeness (QED) is 0.442. The molecule has 1 saturated heterocycles. The molecule has 8 heteroatoms. The van der Waals surface area contributed by atoms with Gasteiger partial charge in [0.1, 0.15) is 23.9 Å². The molecule has 3 unspecified atom stereocenters. The maximum absolute atomic E-state index is 11.8. The predicted octanol–water partition coefficient (Wildman–Crippen LogP) is 2.77. The highest BCUT2D eigenvalue weighted by molar-refractivity contribution is 6.30. The second-order valence-corrected chi connectivity index (χ2v) is 7.83. The van der Waals surface area contributed by atoms with Crippen molar-refractivity contribution >= 4 is 23.5 Å². The van der Waals surface area contributed by atoms with Gasteiger partial charge in [0.05, 0.1) is 6.04 Å². The minimum absolute atomic E-state index is 0.291. The Balaban J connectivity index is 2.10. The van der Waals surface area contributed by atoms with Crippen LogP contribution in [0, 0.1) is 5.92 Å². The Labute approximate surface area is 170 Å². The SMILES string of the molecule is CCCC(C)CC[C@H](NC1C(C(=O)O)NC[C@@H]1Oc1cccc(Cl)c1)C(=O)O. The first-order chi connectivity index (χ1) is 13.3. The van der Waals surface area contributed by atoms with Gasteiger partial charge in [0.25, 0.3) is 0 Å². The lowest BCUT2D eigenvalue weighted by Crippen LogP contribution is -2.55. The zero-order valence-electron chi connectivity index (χ0n) is 16.2. The molecule has 1 fully saturated rings. The highest BCUT2D eigenvalue weighted by Crippen LogP contribution is 2.23. The summed E-state index contributed by atoms with van der Waals surface area (Å²) < 4.78 is 5.93. The van der Waals surface area contributed by atoms with Gasteiger partial charge in [-0.05, 0) is 37.0 Å². The van der Waals surface area contributed by atoms with Crippen molar-refractivity contribution in [3.8, 4) is 5.75 Å². The van der Waals surface area contributed by atoms with E-state index in [0.29, 0.717) is 29.7 Å². The van der Waals surface area contributed by atoms with Gasteiger partial charge in [-0.2, -0.15) is 0 Å². The van der Waals surface area contributed by atoms with Crippen LogP contribution in [0.4, 0.5) is 0 Å². The summed E-state index contributed by atoms with van der Waals surface area (Å²) >= 11 is 5.99. The zero-order valence-corrected chi connectivity index (χ0v) is 17.0. The van der Waals surface area contributed by atoms with Gasteiger partial charge in [-0.1, -0.05) is 44.4 Å². The number of rotatable bonds is 11. The van der Waals surface area contributed by atoms with Crippen molar-refractivity contribution in [2.75, 3.05) is 6.54 Å².